The van der Waals surface area contributed by atoms with Crippen LogP contribution < -0.4 is 10.5 Å². The smallest absolute Gasteiger partial charge is 0.262 e. The Morgan fingerprint density at radius 2 is 2.00 bits per heavy atom. The van der Waals surface area contributed by atoms with Crippen LogP contribution in [0.5, 0.6) is 0 Å². The summed E-state index contributed by atoms with van der Waals surface area (Å²) < 4.78 is 20.9. The van der Waals surface area contributed by atoms with Crippen molar-refractivity contribution in [3.8, 4) is 5.82 Å². The van der Waals surface area contributed by atoms with Crippen LogP contribution in [0.3, 0.4) is 0 Å². The Balaban J connectivity index is 1.98. The van der Waals surface area contributed by atoms with Gasteiger partial charge in [0.25, 0.3) is 5.56 Å². The van der Waals surface area contributed by atoms with Gasteiger partial charge in [0.05, 0.1) is 16.3 Å². The van der Waals surface area contributed by atoms with Crippen molar-refractivity contribution in [2.24, 2.45) is 0 Å². The predicted octanol–water partition coefficient (Wildman–Crippen LogP) is 4.86. The second kappa shape index (κ2) is 11.5. The largest absolute Gasteiger partial charge is 0.486 e. The van der Waals surface area contributed by atoms with Gasteiger partial charge in [-0.15, -0.1) is 0 Å². The van der Waals surface area contributed by atoms with Gasteiger partial charge in [-0.3, -0.25) is 24.0 Å². The van der Waals surface area contributed by atoms with Crippen molar-refractivity contribution < 1.29 is 19.0 Å². The predicted molar refractivity (Wildman–Crippen MR) is 140 cm³/mol. The fourth-order valence-electron chi connectivity index (χ4n) is 3.53. The molecule has 0 atom stereocenters. The molecule has 3 aromatic heterocycles. The minimum atomic E-state index is -1.35. The summed E-state index contributed by atoms with van der Waals surface area (Å²) in [5.74, 6) is -0.00671. The number of hydrogen-bond acceptors (Lipinski definition) is 6. The van der Waals surface area contributed by atoms with Crippen LogP contribution in [-0.4, -0.2) is 26.1 Å². The van der Waals surface area contributed by atoms with E-state index in [0.29, 0.717) is 28.4 Å². The monoisotopic (exact) mass is 526 g/mol. The van der Waals surface area contributed by atoms with E-state index in [0.717, 1.165) is 0 Å². The molecule has 0 spiro atoms. The number of carbonyl (C=O) groups is 1. The van der Waals surface area contributed by atoms with Crippen molar-refractivity contribution in [2.75, 3.05) is 4.90 Å². The molecule has 0 bridgehead atoms. The second-order valence-electron chi connectivity index (χ2n) is 8.86. The Labute approximate surface area is 219 Å². The Morgan fingerprint density at radius 1 is 1.27 bits per heavy atom. The molecule has 1 amide bonds. The molecule has 0 aromatic carbocycles. The number of nitrogens with zero attached hydrogens (tertiary/aromatic N) is 4. The lowest BCUT2D eigenvalue weighted by Crippen LogP contribution is -2.31. The molecule has 3 rings (SSSR count). The molecule has 0 fully saturated rings. The van der Waals surface area contributed by atoms with Crippen LogP contribution in [0.1, 0.15) is 44.5 Å². The SMILES string of the molecule is C/C(=C/C(OCc1ncccc1F)=C(\C)Cl)N(C=O)c1cc(-n2cccc(C(C)(C)O)c2=O)ncc1C. The molecule has 0 aliphatic rings. The Bertz CT molecular complexity index is 1420. The summed E-state index contributed by atoms with van der Waals surface area (Å²) in [4.78, 5) is 34.9. The van der Waals surface area contributed by atoms with Gasteiger partial charge in [-0.25, -0.2) is 9.37 Å². The van der Waals surface area contributed by atoms with Crippen LogP contribution in [0.4, 0.5) is 10.1 Å². The third-order valence-electron chi connectivity index (χ3n) is 5.54. The van der Waals surface area contributed by atoms with Gasteiger partial charge >= 0.3 is 0 Å². The van der Waals surface area contributed by atoms with E-state index in [1.165, 1.54) is 47.8 Å². The van der Waals surface area contributed by atoms with E-state index >= 15 is 0 Å². The van der Waals surface area contributed by atoms with Crippen LogP contribution in [0.15, 0.2) is 76.3 Å². The van der Waals surface area contributed by atoms with Crippen molar-refractivity contribution in [2.45, 2.75) is 46.8 Å². The highest BCUT2D eigenvalue weighted by Gasteiger charge is 2.22. The molecular weight excluding hydrogens is 499 g/mol. The number of pyridine rings is 3. The molecule has 1 N–H and O–H groups in total. The number of halogens is 2. The molecule has 0 aliphatic heterocycles. The van der Waals surface area contributed by atoms with E-state index in [9.17, 15) is 19.1 Å². The van der Waals surface area contributed by atoms with E-state index < -0.39 is 17.0 Å². The molecule has 194 valence electrons. The Hall–Kier alpha value is -3.82. The highest BCUT2D eigenvalue weighted by atomic mass is 35.5. The first-order valence-electron chi connectivity index (χ1n) is 11.4. The van der Waals surface area contributed by atoms with E-state index in [2.05, 4.69) is 9.97 Å². The summed E-state index contributed by atoms with van der Waals surface area (Å²) in [6.07, 6.45) is 6.71. The maximum absolute atomic E-state index is 13.9. The zero-order valence-corrected chi connectivity index (χ0v) is 22.0. The van der Waals surface area contributed by atoms with Gasteiger partial charge in [0.1, 0.15) is 29.7 Å². The number of amides is 1. The van der Waals surface area contributed by atoms with E-state index in [-0.39, 0.29) is 29.4 Å². The minimum absolute atomic E-state index is 0.115. The molecule has 0 saturated heterocycles. The van der Waals surface area contributed by atoms with Gasteiger partial charge in [0.2, 0.25) is 6.41 Å². The number of anilines is 1. The third kappa shape index (κ3) is 6.49. The average Bonchev–Trinajstić information content (AvgIpc) is 2.83. The molecular formula is C27H28ClFN4O4. The van der Waals surface area contributed by atoms with E-state index in [1.807, 2.05) is 0 Å². The lowest BCUT2D eigenvalue weighted by atomic mass is 10.0. The van der Waals surface area contributed by atoms with Gasteiger partial charge in [-0.05, 0) is 64.4 Å². The molecule has 10 heteroatoms. The molecule has 37 heavy (non-hydrogen) atoms. The lowest BCUT2D eigenvalue weighted by Gasteiger charge is -2.22. The first kappa shape index (κ1) is 27.8. The topological polar surface area (TPSA) is 97.5 Å². The second-order valence-corrected chi connectivity index (χ2v) is 9.43. The number of hydrogen-bond donors (Lipinski definition) is 1. The third-order valence-corrected chi connectivity index (χ3v) is 5.72. The maximum Gasteiger partial charge on any atom is 0.262 e. The van der Waals surface area contributed by atoms with Crippen molar-refractivity contribution >= 4 is 23.7 Å². The first-order valence-corrected chi connectivity index (χ1v) is 11.7. The zero-order chi connectivity index (χ0) is 27.3. The van der Waals surface area contributed by atoms with Crippen molar-refractivity contribution in [1.29, 1.82) is 0 Å². The van der Waals surface area contributed by atoms with Crippen LogP contribution in [0, 0.1) is 12.7 Å². The number of ether oxygens (including phenoxy) is 1. The maximum atomic E-state index is 13.9. The number of aromatic nitrogens is 3. The number of aryl methyl sites for hydroxylation is 1. The quantitative estimate of drug-likeness (QED) is 0.243. The molecule has 0 radical (unpaired) electrons. The highest BCUT2D eigenvalue weighted by Crippen LogP contribution is 2.26. The fourth-order valence-corrected chi connectivity index (χ4v) is 3.64. The number of allylic oxidation sites excluding steroid dienone is 3. The van der Waals surface area contributed by atoms with Gasteiger partial charge < -0.3 is 9.84 Å². The normalized spacial score (nSPS) is 12.7. The summed E-state index contributed by atoms with van der Waals surface area (Å²) in [6.45, 7) is 7.96. The lowest BCUT2D eigenvalue weighted by molar-refractivity contribution is -0.107. The first-order chi connectivity index (χ1) is 17.4. The summed E-state index contributed by atoms with van der Waals surface area (Å²) in [5, 5.41) is 10.6. The van der Waals surface area contributed by atoms with Crippen LogP contribution >= 0.6 is 11.6 Å². The Morgan fingerprint density at radius 3 is 2.62 bits per heavy atom. The molecule has 0 unspecified atom stereocenters. The van der Waals surface area contributed by atoms with Crippen LogP contribution in [0.2, 0.25) is 0 Å². The number of rotatable bonds is 9. The van der Waals surface area contributed by atoms with Crippen molar-refractivity contribution in [3.63, 3.8) is 0 Å². The van der Waals surface area contributed by atoms with Crippen molar-refractivity contribution in [3.05, 3.63) is 104 Å². The fraction of sp³-hybridized carbons (Fsp3) is 0.259. The van der Waals surface area contributed by atoms with Gasteiger partial charge in [-0.2, -0.15) is 0 Å². The molecule has 3 aromatic rings. The van der Waals surface area contributed by atoms with Gasteiger partial charge in [0, 0.05) is 42.0 Å². The highest BCUT2D eigenvalue weighted by molar-refractivity contribution is 6.29. The summed E-state index contributed by atoms with van der Waals surface area (Å²) >= 11 is 6.21. The van der Waals surface area contributed by atoms with Crippen LogP contribution in [-0.2, 0) is 21.7 Å². The molecule has 3 heterocycles. The van der Waals surface area contributed by atoms with E-state index in [4.69, 9.17) is 16.3 Å². The van der Waals surface area contributed by atoms with Crippen molar-refractivity contribution in [1.82, 2.24) is 14.5 Å². The summed E-state index contributed by atoms with van der Waals surface area (Å²) in [7, 11) is 0. The summed E-state index contributed by atoms with van der Waals surface area (Å²) in [5.41, 5.74) is 0.129. The van der Waals surface area contributed by atoms with Crippen LogP contribution in [0.25, 0.3) is 5.82 Å². The number of carbonyl (C=O) groups excluding carboxylic acids is 1. The van der Waals surface area contributed by atoms with E-state index in [1.54, 1.807) is 51.2 Å². The van der Waals surface area contributed by atoms with Gasteiger partial charge in [-0.1, -0.05) is 11.6 Å². The zero-order valence-electron chi connectivity index (χ0n) is 21.2. The van der Waals surface area contributed by atoms with Gasteiger partial charge in [0.15, 0.2) is 0 Å². The minimum Gasteiger partial charge on any atom is -0.486 e. The Kier molecular flexibility index (Phi) is 8.62. The standard InChI is InChI=1S/C27H28ClFN4O4/c1-17-14-31-25(32-11-7-8-20(26(32)35)27(4,5)36)13-23(17)33(16-34)18(2)12-24(19(3)28)37-15-22-21(29)9-6-10-30-22/h6-14,16,36H,15H2,1-5H3/b18-12-,24-19-. The average molecular weight is 527 g/mol. The molecule has 0 saturated carbocycles. The number of aliphatic hydroxyl groups is 1. The summed E-state index contributed by atoms with van der Waals surface area (Å²) in [6, 6.07) is 7.55. The molecule has 8 nitrogen and oxygen atoms in total. The molecule has 0 aliphatic carbocycles.